The van der Waals surface area contributed by atoms with Gasteiger partial charge in [-0.15, -0.1) is 0 Å². The van der Waals surface area contributed by atoms with Gasteiger partial charge in [0.15, 0.2) is 0 Å². The number of nitro benzene ring substituents is 1. The van der Waals surface area contributed by atoms with Crippen molar-refractivity contribution in [2.24, 2.45) is 0 Å². The number of anilines is 1. The van der Waals surface area contributed by atoms with Crippen molar-refractivity contribution in [1.82, 2.24) is 9.97 Å². The smallest absolute Gasteiger partial charge is 0.293 e. The molecule has 0 aliphatic carbocycles. The minimum atomic E-state index is -0.471. The molecule has 1 N–H and O–H groups in total. The molecule has 0 atom stereocenters. The number of aryl methyl sites for hydroxylation is 1. The first-order valence-corrected chi connectivity index (χ1v) is 5.20. The van der Waals surface area contributed by atoms with Gasteiger partial charge in [0.25, 0.3) is 5.69 Å². The Balaban J connectivity index is 2.83. The van der Waals surface area contributed by atoms with Gasteiger partial charge >= 0.3 is 0 Å². The Bertz CT molecular complexity index is 615. The molecule has 88 valence electrons. The molecule has 0 bridgehead atoms. The van der Waals surface area contributed by atoms with E-state index in [9.17, 15) is 10.1 Å². The predicted molar refractivity (Wildman–Crippen MR) is 65.5 cm³/mol. The van der Waals surface area contributed by atoms with Crippen LogP contribution in [0.5, 0.6) is 0 Å². The van der Waals surface area contributed by atoms with Gasteiger partial charge in [-0.25, -0.2) is 9.97 Å². The summed E-state index contributed by atoms with van der Waals surface area (Å²) in [6.45, 7) is 1.71. The van der Waals surface area contributed by atoms with Gasteiger partial charge in [-0.05, 0) is 13.0 Å². The van der Waals surface area contributed by atoms with Gasteiger partial charge in [-0.2, -0.15) is 0 Å². The quantitative estimate of drug-likeness (QED) is 0.505. The monoisotopic (exact) mass is 252 g/mol. The number of nitro groups is 1. The largest absolute Gasteiger partial charge is 0.383 e. The summed E-state index contributed by atoms with van der Waals surface area (Å²) < 4.78 is 0. The van der Waals surface area contributed by atoms with Crippen LogP contribution in [0.4, 0.5) is 11.4 Å². The van der Waals surface area contributed by atoms with Crippen molar-refractivity contribution in [1.29, 1.82) is 0 Å². The van der Waals surface area contributed by atoms with Crippen molar-refractivity contribution in [3.05, 3.63) is 33.2 Å². The molecule has 1 aromatic carbocycles. The number of fused-ring (bicyclic) bond motifs is 1. The normalized spacial score (nSPS) is 10.5. The number of halogens is 1. The van der Waals surface area contributed by atoms with Crippen molar-refractivity contribution < 1.29 is 4.92 Å². The van der Waals surface area contributed by atoms with E-state index in [4.69, 9.17) is 11.6 Å². The lowest BCUT2D eigenvalue weighted by Gasteiger charge is -2.05. The molecule has 0 spiro atoms. The Labute approximate surface area is 102 Å². The van der Waals surface area contributed by atoms with Gasteiger partial charge in [-0.3, -0.25) is 10.1 Å². The molecule has 1 heterocycles. The van der Waals surface area contributed by atoms with Crippen LogP contribution in [0.15, 0.2) is 12.1 Å². The van der Waals surface area contributed by atoms with Crippen LogP contribution in [-0.4, -0.2) is 21.9 Å². The molecule has 7 heteroatoms. The molecule has 2 aromatic rings. The molecular formula is C10H9ClN4O2. The number of rotatable bonds is 2. The van der Waals surface area contributed by atoms with E-state index >= 15 is 0 Å². The summed E-state index contributed by atoms with van der Waals surface area (Å²) in [4.78, 5) is 18.6. The maximum Gasteiger partial charge on any atom is 0.293 e. The third-order valence-electron chi connectivity index (χ3n) is 2.34. The summed E-state index contributed by atoms with van der Waals surface area (Å²) in [7, 11) is 1.61. The first-order chi connectivity index (χ1) is 8.02. The van der Waals surface area contributed by atoms with Crippen molar-refractivity contribution in [2.75, 3.05) is 12.4 Å². The number of hydrogen-bond acceptors (Lipinski definition) is 5. The third-order valence-corrected chi connectivity index (χ3v) is 2.63. The van der Waals surface area contributed by atoms with Crippen LogP contribution in [0.25, 0.3) is 10.9 Å². The molecule has 0 fully saturated rings. The van der Waals surface area contributed by atoms with E-state index in [0.717, 1.165) is 0 Å². The number of aromatic nitrogens is 2. The molecule has 0 saturated heterocycles. The van der Waals surface area contributed by atoms with Gasteiger partial charge in [-0.1, -0.05) is 11.6 Å². The number of hydrogen-bond donors (Lipinski definition) is 1. The van der Waals surface area contributed by atoms with E-state index < -0.39 is 4.92 Å². The van der Waals surface area contributed by atoms with E-state index in [1.807, 2.05) is 0 Å². The molecule has 6 nitrogen and oxygen atoms in total. The Morgan fingerprint density at radius 2 is 2.12 bits per heavy atom. The Kier molecular flexibility index (Phi) is 2.81. The van der Waals surface area contributed by atoms with Gasteiger partial charge in [0, 0.05) is 18.5 Å². The Morgan fingerprint density at radius 3 is 2.71 bits per heavy atom. The summed E-state index contributed by atoms with van der Waals surface area (Å²) in [5, 5.41) is 14.3. The molecular weight excluding hydrogens is 244 g/mol. The van der Waals surface area contributed by atoms with E-state index in [0.29, 0.717) is 22.4 Å². The fourth-order valence-electron chi connectivity index (χ4n) is 1.59. The number of nitrogens with one attached hydrogen (secondary N) is 1. The second-order valence-electron chi connectivity index (χ2n) is 3.46. The highest BCUT2D eigenvalue weighted by atomic mass is 35.5. The summed E-state index contributed by atoms with van der Waals surface area (Å²) in [5.41, 5.74) is 0.934. The van der Waals surface area contributed by atoms with Crippen molar-refractivity contribution >= 4 is 33.9 Å². The Hall–Kier alpha value is -1.95. The zero-order valence-electron chi connectivity index (χ0n) is 9.19. The van der Waals surface area contributed by atoms with E-state index in [1.165, 1.54) is 6.07 Å². The van der Waals surface area contributed by atoms with Crippen LogP contribution in [0.3, 0.4) is 0 Å². The maximum atomic E-state index is 10.9. The summed E-state index contributed by atoms with van der Waals surface area (Å²) in [6.07, 6.45) is 0. The molecule has 0 saturated carbocycles. The fraction of sp³-hybridized carbons (Fsp3) is 0.200. The molecule has 2 rings (SSSR count). The zero-order valence-corrected chi connectivity index (χ0v) is 9.95. The van der Waals surface area contributed by atoms with Gasteiger partial charge < -0.3 is 5.32 Å². The highest BCUT2D eigenvalue weighted by molar-refractivity contribution is 6.34. The average molecular weight is 253 g/mol. The van der Waals surface area contributed by atoms with Crippen LogP contribution < -0.4 is 5.32 Å². The lowest BCUT2D eigenvalue weighted by Crippen LogP contribution is -1.98. The summed E-state index contributed by atoms with van der Waals surface area (Å²) in [5.74, 6) is 0.526. The molecule has 0 unspecified atom stereocenters. The highest BCUT2D eigenvalue weighted by Gasteiger charge is 2.16. The molecule has 0 aliphatic rings. The van der Waals surface area contributed by atoms with Crippen LogP contribution in [0.2, 0.25) is 5.15 Å². The van der Waals surface area contributed by atoms with Crippen LogP contribution in [-0.2, 0) is 0 Å². The van der Waals surface area contributed by atoms with Crippen LogP contribution in [0.1, 0.15) is 5.82 Å². The molecule has 0 radical (unpaired) electrons. The second-order valence-corrected chi connectivity index (χ2v) is 3.81. The minimum Gasteiger partial charge on any atom is -0.383 e. The van der Waals surface area contributed by atoms with E-state index in [-0.39, 0.29) is 10.8 Å². The standard InChI is InChI=1S/C10H9ClN4O2/c1-5-13-7-4-8(12-2)9(15(16)17)3-6(7)10(11)14-5/h3-4,12H,1-2H3. The highest BCUT2D eigenvalue weighted by Crippen LogP contribution is 2.31. The van der Waals surface area contributed by atoms with Crippen molar-refractivity contribution in [3.8, 4) is 0 Å². The van der Waals surface area contributed by atoms with Gasteiger partial charge in [0.05, 0.1) is 10.4 Å². The predicted octanol–water partition coefficient (Wildman–Crippen LogP) is 2.54. The maximum absolute atomic E-state index is 10.9. The van der Waals surface area contributed by atoms with Gasteiger partial charge in [0.1, 0.15) is 16.7 Å². The van der Waals surface area contributed by atoms with Crippen LogP contribution >= 0.6 is 11.6 Å². The third kappa shape index (κ3) is 1.99. The minimum absolute atomic E-state index is 0.0469. The first kappa shape index (κ1) is 11.5. The topological polar surface area (TPSA) is 81.0 Å². The van der Waals surface area contributed by atoms with Crippen molar-refractivity contribution in [3.63, 3.8) is 0 Å². The second kappa shape index (κ2) is 4.14. The SMILES string of the molecule is CNc1cc2nc(C)nc(Cl)c2cc1[N+](=O)[O-]. The number of nitrogens with zero attached hydrogens (tertiary/aromatic N) is 3. The van der Waals surface area contributed by atoms with Gasteiger partial charge in [0.2, 0.25) is 0 Å². The lowest BCUT2D eigenvalue weighted by molar-refractivity contribution is -0.383. The molecule has 0 aliphatic heterocycles. The average Bonchev–Trinajstić information content (AvgIpc) is 2.26. The summed E-state index contributed by atoms with van der Waals surface area (Å²) in [6, 6.07) is 2.97. The molecule has 17 heavy (non-hydrogen) atoms. The molecule has 0 amide bonds. The van der Waals surface area contributed by atoms with Crippen LogP contribution in [0, 0.1) is 17.0 Å². The van der Waals surface area contributed by atoms with E-state index in [1.54, 1.807) is 20.0 Å². The number of benzene rings is 1. The molecule has 1 aromatic heterocycles. The fourth-order valence-corrected chi connectivity index (χ4v) is 1.86. The zero-order chi connectivity index (χ0) is 12.6. The summed E-state index contributed by atoms with van der Waals surface area (Å²) >= 11 is 5.94. The van der Waals surface area contributed by atoms with E-state index in [2.05, 4.69) is 15.3 Å². The first-order valence-electron chi connectivity index (χ1n) is 4.83. The lowest BCUT2D eigenvalue weighted by atomic mass is 10.2. The Morgan fingerprint density at radius 1 is 1.41 bits per heavy atom. The van der Waals surface area contributed by atoms with Crippen molar-refractivity contribution in [2.45, 2.75) is 6.92 Å².